The van der Waals surface area contributed by atoms with Gasteiger partial charge in [-0.1, -0.05) is 15.9 Å². The van der Waals surface area contributed by atoms with Crippen molar-refractivity contribution in [3.05, 3.63) is 27.7 Å². The first kappa shape index (κ1) is 10.2. The normalized spacial score (nSPS) is 10.8. The van der Waals surface area contributed by atoms with Gasteiger partial charge in [-0.15, -0.1) is 0 Å². The number of aromatic hydroxyl groups is 1. The molecule has 0 spiro atoms. The second kappa shape index (κ2) is 3.87. The Morgan fingerprint density at radius 1 is 1.62 bits per heavy atom. The molecule has 0 saturated heterocycles. The standard InChI is InChI=1S/C7H6BrF2NO2/c8-2-4-3(6(9)10)1-5(12)7(13)11-4/h1,6,12H,2H2,(H,11,13). The van der Waals surface area contributed by atoms with E-state index in [0.717, 1.165) is 6.07 Å². The van der Waals surface area contributed by atoms with Crippen molar-refractivity contribution in [2.24, 2.45) is 0 Å². The Hall–Kier alpha value is -0.910. The number of halogens is 3. The summed E-state index contributed by atoms with van der Waals surface area (Å²) in [5, 5.41) is 8.99. The van der Waals surface area contributed by atoms with Gasteiger partial charge in [0.25, 0.3) is 12.0 Å². The Morgan fingerprint density at radius 3 is 2.69 bits per heavy atom. The van der Waals surface area contributed by atoms with E-state index in [2.05, 4.69) is 20.9 Å². The van der Waals surface area contributed by atoms with E-state index in [0.29, 0.717) is 0 Å². The van der Waals surface area contributed by atoms with Crippen molar-refractivity contribution in [2.75, 3.05) is 0 Å². The van der Waals surface area contributed by atoms with E-state index < -0.39 is 17.7 Å². The van der Waals surface area contributed by atoms with Gasteiger partial charge in [0.2, 0.25) is 0 Å². The summed E-state index contributed by atoms with van der Waals surface area (Å²) in [5.41, 5.74) is -1.05. The molecular weight excluding hydrogens is 248 g/mol. The largest absolute Gasteiger partial charge is 0.503 e. The maximum Gasteiger partial charge on any atom is 0.290 e. The Balaban J connectivity index is 3.33. The van der Waals surface area contributed by atoms with E-state index in [1.54, 1.807) is 0 Å². The van der Waals surface area contributed by atoms with Gasteiger partial charge in [-0.2, -0.15) is 0 Å². The molecule has 0 radical (unpaired) electrons. The SMILES string of the molecule is O=c1[nH]c(CBr)c(C(F)F)cc1O. The van der Waals surface area contributed by atoms with Crippen LogP contribution in [0.4, 0.5) is 8.78 Å². The Kier molecular flexibility index (Phi) is 3.02. The first-order valence-electron chi connectivity index (χ1n) is 3.35. The maximum absolute atomic E-state index is 12.3. The molecule has 6 heteroatoms. The van der Waals surface area contributed by atoms with Gasteiger partial charge in [0.05, 0.1) is 0 Å². The molecule has 0 aromatic carbocycles. The molecule has 2 N–H and O–H groups in total. The summed E-state index contributed by atoms with van der Waals surface area (Å²) in [6, 6.07) is 0.778. The topological polar surface area (TPSA) is 53.1 Å². The fraction of sp³-hybridized carbons (Fsp3) is 0.286. The Morgan fingerprint density at radius 2 is 2.23 bits per heavy atom. The number of aromatic nitrogens is 1. The summed E-state index contributed by atoms with van der Waals surface area (Å²) >= 11 is 2.95. The molecule has 72 valence electrons. The number of alkyl halides is 3. The van der Waals surface area contributed by atoms with Crippen LogP contribution in [-0.2, 0) is 5.33 Å². The molecule has 0 unspecified atom stereocenters. The highest BCUT2D eigenvalue weighted by Crippen LogP contribution is 2.24. The zero-order valence-electron chi connectivity index (χ0n) is 6.35. The third-order valence-corrected chi connectivity index (χ3v) is 2.07. The Labute approximate surface area is 80.5 Å². The smallest absolute Gasteiger partial charge is 0.290 e. The monoisotopic (exact) mass is 253 g/mol. The van der Waals surface area contributed by atoms with Gasteiger partial charge in [0.15, 0.2) is 5.75 Å². The molecule has 1 aromatic heterocycles. The third kappa shape index (κ3) is 2.06. The van der Waals surface area contributed by atoms with Crippen molar-refractivity contribution in [3.8, 4) is 5.75 Å². The number of hydrogen-bond acceptors (Lipinski definition) is 2. The molecule has 0 aliphatic rings. The fourth-order valence-corrected chi connectivity index (χ4v) is 1.34. The second-order valence-electron chi connectivity index (χ2n) is 2.35. The van der Waals surface area contributed by atoms with Gasteiger partial charge in [0.1, 0.15) is 0 Å². The fourth-order valence-electron chi connectivity index (χ4n) is 0.878. The highest BCUT2D eigenvalue weighted by Gasteiger charge is 2.15. The first-order chi connectivity index (χ1) is 6.06. The molecule has 0 aliphatic carbocycles. The van der Waals surface area contributed by atoms with Crippen LogP contribution >= 0.6 is 15.9 Å². The number of rotatable bonds is 2. The zero-order chi connectivity index (χ0) is 10.0. The molecule has 0 fully saturated rings. The number of H-pyrrole nitrogens is 1. The van der Waals surface area contributed by atoms with E-state index in [-0.39, 0.29) is 16.6 Å². The average molecular weight is 254 g/mol. The highest BCUT2D eigenvalue weighted by molar-refractivity contribution is 9.08. The molecule has 0 bridgehead atoms. The molecule has 1 heterocycles. The minimum atomic E-state index is -2.71. The maximum atomic E-state index is 12.3. The number of aromatic amines is 1. The summed E-state index contributed by atoms with van der Waals surface area (Å²) in [5.74, 6) is -0.694. The lowest BCUT2D eigenvalue weighted by molar-refractivity contribution is 0.149. The zero-order valence-corrected chi connectivity index (χ0v) is 7.94. The van der Waals surface area contributed by atoms with Gasteiger partial charge >= 0.3 is 0 Å². The second-order valence-corrected chi connectivity index (χ2v) is 2.91. The summed E-state index contributed by atoms with van der Waals surface area (Å²) in [7, 11) is 0. The van der Waals surface area contributed by atoms with E-state index in [1.807, 2.05) is 0 Å². The van der Waals surface area contributed by atoms with Crippen LogP contribution in [0, 0.1) is 0 Å². The van der Waals surface area contributed by atoms with E-state index in [4.69, 9.17) is 5.11 Å². The van der Waals surface area contributed by atoms with Crippen molar-refractivity contribution in [2.45, 2.75) is 11.8 Å². The number of nitrogens with one attached hydrogen (secondary N) is 1. The minimum absolute atomic E-state index is 0.0813. The molecule has 0 saturated carbocycles. The van der Waals surface area contributed by atoms with Crippen LogP contribution in [-0.4, -0.2) is 10.1 Å². The number of hydrogen-bond donors (Lipinski definition) is 2. The third-order valence-electron chi connectivity index (χ3n) is 1.51. The molecule has 1 rings (SSSR count). The van der Waals surface area contributed by atoms with E-state index >= 15 is 0 Å². The van der Waals surface area contributed by atoms with Crippen molar-refractivity contribution in [1.82, 2.24) is 4.98 Å². The summed E-state index contributed by atoms with van der Waals surface area (Å²) in [6.45, 7) is 0. The summed E-state index contributed by atoms with van der Waals surface area (Å²) < 4.78 is 24.5. The predicted molar refractivity (Wildman–Crippen MR) is 46.3 cm³/mol. The van der Waals surface area contributed by atoms with Gasteiger partial charge in [0, 0.05) is 16.6 Å². The lowest BCUT2D eigenvalue weighted by Crippen LogP contribution is -2.10. The van der Waals surface area contributed by atoms with E-state index in [9.17, 15) is 13.6 Å². The summed E-state index contributed by atoms with van der Waals surface area (Å²) in [6.07, 6.45) is -2.71. The molecule has 13 heavy (non-hydrogen) atoms. The van der Waals surface area contributed by atoms with Crippen LogP contribution in [0.5, 0.6) is 5.75 Å². The van der Waals surface area contributed by atoms with Crippen molar-refractivity contribution in [3.63, 3.8) is 0 Å². The average Bonchev–Trinajstić information content (AvgIpc) is 2.08. The lowest BCUT2D eigenvalue weighted by Gasteiger charge is -2.05. The molecule has 0 aliphatic heterocycles. The number of pyridine rings is 1. The molecular formula is C7H6BrF2NO2. The van der Waals surface area contributed by atoms with Gasteiger partial charge in [-0.25, -0.2) is 8.78 Å². The molecule has 0 amide bonds. The summed E-state index contributed by atoms with van der Waals surface area (Å²) in [4.78, 5) is 12.9. The highest BCUT2D eigenvalue weighted by atomic mass is 79.9. The quantitative estimate of drug-likeness (QED) is 0.792. The molecule has 3 nitrogen and oxygen atoms in total. The van der Waals surface area contributed by atoms with Crippen molar-refractivity contribution < 1.29 is 13.9 Å². The van der Waals surface area contributed by atoms with Gasteiger partial charge in [-0.05, 0) is 6.07 Å². The first-order valence-corrected chi connectivity index (χ1v) is 4.47. The van der Waals surface area contributed by atoms with Gasteiger partial charge < -0.3 is 10.1 Å². The molecule has 1 aromatic rings. The Bertz CT molecular complexity index is 364. The van der Waals surface area contributed by atoms with Crippen LogP contribution in [0.3, 0.4) is 0 Å². The molecule has 0 atom stereocenters. The van der Waals surface area contributed by atoms with E-state index in [1.165, 1.54) is 0 Å². The van der Waals surface area contributed by atoms with Crippen molar-refractivity contribution in [1.29, 1.82) is 0 Å². The minimum Gasteiger partial charge on any atom is -0.503 e. The van der Waals surface area contributed by atoms with Crippen LogP contribution in [0.15, 0.2) is 10.9 Å². The van der Waals surface area contributed by atoms with Crippen LogP contribution in [0.2, 0.25) is 0 Å². The van der Waals surface area contributed by atoms with Gasteiger partial charge in [-0.3, -0.25) is 4.79 Å². The van der Waals surface area contributed by atoms with Crippen LogP contribution in [0.25, 0.3) is 0 Å². The predicted octanol–water partition coefficient (Wildman–Crippen LogP) is 1.91. The van der Waals surface area contributed by atoms with Crippen LogP contribution < -0.4 is 5.56 Å². The van der Waals surface area contributed by atoms with Crippen LogP contribution in [0.1, 0.15) is 17.7 Å². The lowest BCUT2D eigenvalue weighted by atomic mass is 10.2. The van der Waals surface area contributed by atoms with Crippen molar-refractivity contribution >= 4 is 15.9 Å².